The highest BCUT2D eigenvalue weighted by molar-refractivity contribution is 6.30. The molecule has 7 heteroatoms. The van der Waals surface area contributed by atoms with E-state index < -0.39 is 22.6 Å². The van der Waals surface area contributed by atoms with Crippen molar-refractivity contribution in [2.75, 3.05) is 19.6 Å². The molecule has 1 aromatic rings. The van der Waals surface area contributed by atoms with Gasteiger partial charge in [-0.15, -0.1) is 0 Å². The van der Waals surface area contributed by atoms with Gasteiger partial charge in [0.1, 0.15) is 5.82 Å². The summed E-state index contributed by atoms with van der Waals surface area (Å²) in [5.41, 5.74) is -0.896. The molecule has 136 valence electrons. The summed E-state index contributed by atoms with van der Waals surface area (Å²) in [5.74, 6) is -0.420. The molecule has 0 unspecified atom stereocenters. The molecule has 2 rings (SSSR count). The number of alkyl halides is 3. The maximum Gasteiger partial charge on any atom is 0.416 e. The van der Waals surface area contributed by atoms with Crippen LogP contribution in [-0.2, 0) is 12.7 Å². The molecule has 0 spiro atoms. The molecule has 0 aliphatic carbocycles. The van der Waals surface area contributed by atoms with Gasteiger partial charge in [-0.1, -0.05) is 25.4 Å². The van der Waals surface area contributed by atoms with Crippen molar-refractivity contribution in [3.63, 3.8) is 0 Å². The Kier molecular flexibility index (Phi) is 6.51. The van der Waals surface area contributed by atoms with Gasteiger partial charge in [0.2, 0.25) is 0 Å². The fraction of sp³-hybridized carbons (Fsp3) is 0.647. The van der Waals surface area contributed by atoms with Gasteiger partial charge in [-0.05, 0) is 44.0 Å². The Labute approximate surface area is 145 Å². The topological polar surface area (TPSA) is 15.3 Å². The van der Waals surface area contributed by atoms with E-state index >= 15 is 0 Å². The van der Waals surface area contributed by atoms with Crippen LogP contribution < -0.4 is 5.32 Å². The maximum absolute atomic E-state index is 14.3. The van der Waals surface area contributed by atoms with Gasteiger partial charge >= 0.3 is 6.18 Å². The summed E-state index contributed by atoms with van der Waals surface area (Å²) in [6, 6.07) is 1.77. The highest BCUT2D eigenvalue weighted by Gasteiger charge is 2.33. The molecular weight excluding hydrogens is 344 g/mol. The van der Waals surface area contributed by atoms with E-state index in [0.29, 0.717) is 18.5 Å². The largest absolute Gasteiger partial charge is 0.416 e. The Morgan fingerprint density at radius 3 is 2.42 bits per heavy atom. The van der Waals surface area contributed by atoms with Crippen molar-refractivity contribution in [2.45, 2.75) is 45.5 Å². The Balaban J connectivity index is 2.28. The first-order valence-corrected chi connectivity index (χ1v) is 8.56. The maximum atomic E-state index is 14.3. The molecule has 1 aliphatic rings. The number of nitrogens with one attached hydrogen (secondary N) is 1. The van der Waals surface area contributed by atoms with Crippen LogP contribution in [0.25, 0.3) is 0 Å². The molecule has 0 radical (unpaired) electrons. The molecular formula is C17H23ClF4N2. The van der Waals surface area contributed by atoms with Gasteiger partial charge in [-0.25, -0.2) is 4.39 Å². The summed E-state index contributed by atoms with van der Waals surface area (Å²) in [4.78, 5) is 2.08. The molecule has 1 aliphatic heterocycles. The Bertz CT molecular complexity index is 554. The smallest absolute Gasteiger partial charge is 0.317 e. The lowest BCUT2D eigenvalue weighted by Gasteiger charge is -2.36. The van der Waals surface area contributed by atoms with Gasteiger partial charge in [0.15, 0.2) is 0 Å². The second-order valence-corrected chi connectivity index (χ2v) is 7.14. The molecule has 0 amide bonds. The molecule has 0 atom stereocenters. The predicted molar refractivity (Wildman–Crippen MR) is 87.6 cm³/mol. The van der Waals surface area contributed by atoms with E-state index in [1.807, 2.05) is 13.8 Å². The number of rotatable bonds is 5. The number of hydrogen-bond donors (Lipinski definition) is 1. The monoisotopic (exact) mass is 366 g/mol. The van der Waals surface area contributed by atoms with Gasteiger partial charge in [-0.2, -0.15) is 13.2 Å². The summed E-state index contributed by atoms with van der Waals surface area (Å²) >= 11 is 5.70. The molecule has 1 aromatic carbocycles. The van der Waals surface area contributed by atoms with Crippen LogP contribution in [0, 0.1) is 11.7 Å². The third-order valence-corrected chi connectivity index (χ3v) is 4.50. The second kappa shape index (κ2) is 8.02. The van der Waals surface area contributed by atoms with Crippen molar-refractivity contribution in [3.05, 3.63) is 34.1 Å². The number of halogens is 5. The van der Waals surface area contributed by atoms with Crippen molar-refractivity contribution in [3.8, 4) is 0 Å². The highest BCUT2D eigenvalue weighted by atomic mass is 35.5. The number of nitrogens with zero attached hydrogens (tertiary/aromatic N) is 1. The molecule has 0 saturated carbocycles. The van der Waals surface area contributed by atoms with E-state index in [1.54, 1.807) is 0 Å². The van der Waals surface area contributed by atoms with Crippen LogP contribution in [0.15, 0.2) is 12.1 Å². The van der Waals surface area contributed by atoms with Crippen molar-refractivity contribution in [1.29, 1.82) is 0 Å². The van der Waals surface area contributed by atoms with Gasteiger partial charge in [0.25, 0.3) is 0 Å². The molecule has 1 saturated heterocycles. The Morgan fingerprint density at radius 1 is 1.25 bits per heavy atom. The fourth-order valence-corrected chi connectivity index (χ4v) is 3.37. The SMILES string of the molecule is CC(C)CN(Cc1cc(C(F)(F)F)cc(Cl)c1F)C1CCNCC1. The molecule has 1 heterocycles. The first kappa shape index (κ1) is 19.5. The summed E-state index contributed by atoms with van der Waals surface area (Å²) in [6.07, 6.45) is -2.73. The van der Waals surface area contributed by atoms with Gasteiger partial charge in [0, 0.05) is 24.7 Å². The molecule has 1 N–H and O–H groups in total. The minimum Gasteiger partial charge on any atom is -0.317 e. The van der Waals surface area contributed by atoms with Crippen LogP contribution in [0.2, 0.25) is 5.02 Å². The van der Waals surface area contributed by atoms with E-state index in [-0.39, 0.29) is 18.2 Å². The third kappa shape index (κ3) is 5.07. The Morgan fingerprint density at radius 2 is 1.88 bits per heavy atom. The predicted octanol–water partition coefficient (Wildman–Crippen LogP) is 4.71. The normalized spacial score (nSPS) is 17.0. The van der Waals surface area contributed by atoms with Gasteiger partial charge in [0.05, 0.1) is 10.6 Å². The van der Waals surface area contributed by atoms with Gasteiger partial charge in [-0.3, -0.25) is 4.90 Å². The summed E-state index contributed by atoms with van der Waals surface area (Å²) in [7, 11) is 0. The molecule has 0 aromatic heterocycles. The van der Waals surface area contributed by atoms with Crippen molar-refractivity contribution in [2.24, 2.45) is 5.92 Å². The summed E-state index contributed by atoms with van der Waals surface area (Å²) < 4.78 is 53.2. The van der Waals surface area contributed by atoms with Crippen molar-refractivity contribution in [1.82, 2.24) is 10.2 Å². The van der Waals surface area contributed by atoms with Crippen molar-refractivity contribution >= 4 is 11.6 Å². The third-order valence-electron chi connectivity index (χ3n) is 4.23. The zero-order valence-electron chi connectivity index (χ0n) is 13.9. The molecule has 0 bridgehead atoms. The van der Waals surface area contributed by atoms with Crippen LogP contribution in [-0.4, -0.2) is 30.6 Å². The minimum absolute atomic E-state index is 0.00834. The zero-order valence-corrected chi connectivity index (χ0v) is 14.6. The lowest BCUT2D eigenvalue weighted by molar-refractivity contribution is -0.137. The van der Waals surface area contributed by atoms with Crippen LogP contribution in [0.3, 0.4) is 0 Å². The number of piperidine rings is 1. The average Bonchev–Trinajstić information content (AvgIpc) is 2.50. The lowest BCUT2D eigenvalue weighted by atomic mass is 10.0. The van der Waals surface area contributed by atoms with E-state index in [1.165, 1.54) is 0 Å². The first-order valence-electron chi connectivity index (χ1n) is 8.18. The van der Waals surface area contributed by atoms with E-state index in [0.717, 1.165) is 32.0 Å². The highest BCUT2D eigenvalue weighted by Crippen LogP contribution is 2.34. The zero-order chi connectivity index (χ0) is 17.9. The fourth-order valence-electron chi connectivity index (χ4n) is 3.13. The van der Waals surface area contributed by atoms with E-state index in [2.05, 4.69) is 10.2 Å². The molecule has 1 fully saturated rings. The number of hydrogen-bond acceptors (Lipinski definition) is 2. The van der Waals surface area contributed by atoms with Crippen LogP contribution in [0.4, 0.5) is 17.6 Å². The summed E-state index contributed by atoms with van der Waals surface area (Å²) in [5, 5.41) is 2.79. The van der Waals surface area contributed by atoms with E-state index in [9.17, 15) is 17.6 Å². The standard InChI is InChI=1S/C17H23ClF4N2/c1-11(2)9-24(14-3-5-23-6-4-14)10-12-7-13(17(20,21)22)8-15(18)16(12)19/h7-8,11,14,23H,3-6,9-10H2,1-2H3. The Hall–Kier alpha value is -0.850. The molecule has 24 heavy (non-hydrogen) atoms. The average molecular weight is 367 g/mol. The summed E-state index contributed by atoms with van der Waals surface area (Å²) in [6.45, 7) is 6.67. The van der Waals surface area contributed by atoms with Crippen molar-refractivity contribution < 1.29 is 17.6 Å². The first-order chi connectivity index (χ1) is 11.2. The van der Waals surface area contributed by atoms with Crippen LogP contribution in [0.5, 0.6) is 0 Å². The quantitative estimate of drug-likeness (QED) is 0.759. The number of benzene rings is 1. The lowest BCUT2D eigenvalue weighted by Crippen LogP contribution is -2.44. The van der Waals surface area contributed by atoms with E-state index in [4.69, 9.17) is 11.6 Å². The van der Waals surface area contributed by atoms with Gasteiger partial charge < -0.3 is 5.32 Å². The molecule has 2 nitrogen and oxygen atoms in total. The minimum atomic E-state index is -4.54. The van der Waals surface area contributed by atoms with Crippen LogP contribution in [0.1, 0.15) is 37.8 Å². The second-order valence-electron chi connectivity index (χ2n) is 6.73. The van der Waals surface area contributed by atoms with Crippen LogP contribution >= 0.6 is 11.6 Å².